The maximum absolute atomic E-state index is 12.5. The highest BCUT2D eigenvalue weighted by atomic mass is 32.2. The third kappa shape index (κ3) is 4.15. The molecule has 8 nitrogen and oxygen atoms in total. The lowest BCUT2D eigenvalue weighted by molar-refractivity contribution is 0.0997. The largest absolute Gasteiger partial charge is 0.496 e. The van der Waals surface area contributed by atoms with Crippen molar-refractivity contribution in [1.29, 1.82) is 0 Å². The summed E-state index contributed by atoms with van der Waals surface area (Å²) in [5, 5.41) is 0. The minimum atomic E-state index is -3.85. The average molecular weight is 387 g/mol. The van der Waals surface area contributed by atoms with Crippen molar-refractivity contribution in [1.82, 2.24) is 9.71 Å². The Morgan fingerprint density at radius 2 is 2.07 bits per heavy atom. The smallest absolute Gasteiger partial charge is 0.252 e. The van der Waals surface area contributed by atoms with Gasteiger partial charge >= 0.3 is 0 Å². The summed E-state index contributed by atoms with van der Waals surface area (Å²) in [6.07, 6.45) is 3.11. The number of benzene rings is 1. The van der Waals surface area contributed by atoms with Crippen LogP contribution in [0.25, 0.3) is 11.5 Å². The van der Waals surface area contributed by atoms with Crippen molar-refractivity contribution in [2.75, 3.05) is 7.11 Å². The number of aromatic nitrogens is 1. The maximum atomic E-state index is 12.5. The van der Waals surface area contributed by atoms with Crippen molar-refractivity contribution < 1.29 is 22.4 Å². The van der Waals surface area contributed by atoms with Crippen molar-refractivity contribution in [3.8, 4) is 17.2 Å². The highest BCUT2D eigenvalue weighted by molar-refractivity contribution is 7.89. The quantitative estimate of drug-likeness (QED) is 0.638. The first-order valence-corrected chi connectivity index (χ1v) is 9.35. The molecule has 2 aromatic heterocycles. The second-order valence-corrected chi connectivity index (χ2v) is 7.35. The number of nitrogens with two attached hydrogens (primary N) is 1. The van der Waals surface area contributed by atoms with Gasteiger partial charge in [-0.2, -0.15) is 0 Å². The van der Waals surface area contributed by atoms with Gasteiger partial charge in [0.2, 0.25) is 10.0 Å². The summed E-state index contributed by atoms with van der Waals surface area (Å²) in [6.45, 7) is 0.0334. The molecule has 0 saturated carbocycles. The second kappa shape index (κ2) is 7.60. The van der Waals surface area contributed by atoms with Crippen LogP contribution in [-0.2, 0) is 16.6 Å². The summed E-state index contributed by atoms with van der Waals surface area (Å²) in [4.78, 5) is 15.6. The molecule has 1 aromatic carbocycles. The van der Waals surface area contributed by atoms with E-state index in [9.17, 15) is 13.2 Å². The molecule has 0 aliphatic heterocycles. The first-order valence-electron chi connectivity index (χ1n) is 7.87. The predicted octanol–water partition coefficient (Wildman–Crippen LogP) is 1.93. The Balaban J connectivity index is 1.75. The van der Waals surface area contributed by atoms with E-state index in [4.69, 9.17) is 14.9 Å². The molecule has 0 bridgehead atoms. The van der Waals surface area contributed by atoms with Gasteiger partial charge in [0.25, 0.3) is 5.91 Å². The molecule has 3 rings (SSSR count). The molecule has 0 spiro atoms. The van der Waals surface area contributed by atoms with Gasteiger partial charge in [-0.15, -0.1) is 0 Å². The van der Waals surface area contributed by atoms with E-state index in [2.05, 4.69) is 9.71 Å². The van der Waals surface area contributed by atoms with Crippen molar-refractivity contribution in [2.45, 2.75) is 11.4 Å². The number of methoxy groups -OCH3 is 1. The molecule has 1 amide bonds. The Morgan fingerprint density at radius 3 is 2.67 bits per heavy atom. The standard InChI is InChI=1S/C18H17N3O5S/c1-25-16-7-5-13(9-14(16)18(19)22)27(23,24)21-11-12-4-6-15(20-10-12)17-3-2-8-26-17/h2-10,21H,11H2,1H3,(H2,19,22). The van der Waals surface area contributed by atoms with E-state index in [0.29, 0.717) is 17.0 Å². The van der Waals surface area contributed by atoms with Gasteiger partial charge in [-0.3, -0.25) is 9.78 Å². The predicted molar refractivity (Wildman–Crippen MR) is 97.5 cm³/mol. The van der Waals surface area contributed by atoms with Crippen LogP contribution in [0.2, 0.25) is 0 Å². The first kappa shape index (κ1) is 18.6. The summed E-state index contributed by atoms with van der Waals surface area (Å²) < 4.78 is 37.7. The zero-order valence-electron chi connectivity index (χ0n) is 14.4. The molecular weight excluding hydrogens is 370 g/mol. The normalized spacial score (nSPS) is 11.3. The van der Waals surface area contributed by atoms with Gasteiger partial charge < -0.3 is 14.9 Å². The fourth-order valence-corrected chi connectivity index (χ4v) is 3.45. The maximum Gasteiger partial charge on any atom is 0.252 e. The highest BCUT2D eigenvalue weighted by Gasteiger charge is 2.18. The van der Waals surface area contributed by atoms with Crippen LogP contribution in [0.1, 0.15) is 15.9 Å². The minimum absolute atomic E-state index is 0.00941. The lowest BCUT2D eigenvalue weighted by Crippen LogP contribution is -2.24. The summed E-state index contributed by atoms with van der Waals surface area (Å²) in [6, 6.07) is 10.9. The van der Waals surface area contributed by atoms with Crippen LogP contribution in [0.3, 0.4) is 0 Å². The number of hydrogen-bond donors (Lipinski definition) is 2. The van der Waals surface area contributed by atoms with Gasteiger partial charge in [-0.1, -0.05) is 6.07 Å². The van der Waals surface area contributed by atoms with Crippen LogP contribution in [0, 0.1) is 0 Å². The van der Waals surface area contributed by atoms with E-state index >= 15 is 0 Å². The summed E-state index contributed by atoms with van der Waals surface area (Å²) >= 11 is 0. The fraction of sp³-hybridized carbons (Fsp3) is 0.111. The molecule has 0 aliphatic carbocycles. The SMILES string of the molecule is COc1ccc(S(=O)(=O)NCc2ccc(-c3ccco3)nc2)cc1C(N)=O. The molecular formula is C18H17N3O5S. The van der Waals surface area contributed by atoms with Crippen LogP contribution in [0.5, 0.6) is 5.75 Å². The van der Waals surface area contributed by atoms with Gasteiger partial charge in [0.1, 0.15) is 11.4 Å². The number of sulfonamides is 1. The summed E-state index contributed by atoms with van der Waals surface area (Å²) in [5.41, 5.74) is 6.57. The monoisotopic (exact) mass is 387 g/mol. The van der Waals surface area contributed by atoms with E-state index in [1.165, 1.54) is 25.3 Å². The van der Waals surface area contributed by atoms with E-state index in [-0.39, 0.29) is 22.8 Å². The van der Waals surface area contributed by atoms with Gasteiger partial charge in [0.05, 0.1) is 23.8 Å². The Kier molecular flexibility index (Phi) is 5.24. The number of ether oxygens (including phenoxy) is 1. The number of nitrogens with one attached hydrogen (secondary N) is 1. The van der Waals surface area contributed by atoms with Crippen molar-refractivity contribution in [3.63, 3.8) is 0 Å². The van der Waals surface area contributed by atoms with E-state index < -0.39 is 15.9 Å². The second-order valence-electron chi connectivity index (χ2n) is 5.58. The molecule has 2 heterocycles. The molecule has 0 radical (unpaired) electrons. The topological polar surface area (TPSA) is 125 Å². The Labute approximate surface area is 156 Å². The van der Waals surface area contributed by atoms with Crippen LogP contribution in [0.15, 0.2) is 64.2 Å². The number of nitrogens with zero attached hydrogens (tertiary/aromatic N) is 1. The average Bonchev–Trinajstić information content (AvgIpc) is 3.21. The van der Waals surface area contributed by atoms with Gasteiger partial charge in [-0.05, 0) is 42.0 Å². The summed E-state index contributed by atoms with van der Waals surface area (Å²) in [7, 11) is -2.48. The molecule has 3 N–H and O–H groups in total. The number of carbonyl (C=O) groups is 1. The first-order chi connectivity index (χ1) is 12.9. The Morgan fingerprint density at radius 1 is 1.26 bits per heavy atom. The van der Waals surface area contributed by atoms with Crippen molar-refractivity contribution in [2.24, 2.45) is 5.73 Å². The zero-order chi connectivity index (χ0) is 19.4. The lowest BCUT2D eigenvalue weighted by Gasteiger charge is -2.10. The number of hydrogen-bond acceptors (Lipinski definition) is 6. The molecule has 27 heavy (non-hydrogen) atoms. The molecule has 0 fully saturated rings. The molecule has 0 saturated heterocycles. The van der Waals surface area contributed by atoms with Gasteiger partial charge in [0.15, 0.2) is 5.76 Å². The van der Waals surface area contributed by atoms with Crippen LogP contribution < -0.4 is 15.2 Å². The third-order valence-corrected chi connectivity index (χ3v) is 5.21. The molecule has 3 aromatic rings. The Bertz CT molecular complexity index is 1050. The number of furan rings is 1. The molecule has 140 valence electrons. The molecule has 9 heteroatoms. The minimum Gasteiger partial charge on any atom is -0.496 e. The van der Waals surface area contributed by atoms with E-state index in [1.54, 1.807) is 36.7 Å². The van der Waals surface area contributed by atoms with Crippen molar-refractivity contribution in [3.05, 3.63) is 66.1 Å². The number of pyridine rings is 1. The van der Waals surface area contributed by atoms with E-state index in [1.807, 2.05) is 0 Å². The number of primary amides is 1. The number of amides is 1. The molecule has 0 unspecified atom stereocenters. The fourth-order valence-electron chi connectivity index (χ4n) is 2.41. The highest BCUT2D eigenvalue weighted by Crippen LogP contribution is 2.22. The molecule has 0 aliphatic rings. The van der Waals surface area contributed by atoms with E-state index in [0.717, 1.165) is 0 Å². The van der Waals surface area contributed by atoms with Crippen LogP contribution >= 0.6 is 0 Å². The Hall–Kier alpha value is -3.17. The number of rotatable bonds is 7. The van der Waals surface area contributed by atoms with Gasteiger partial charge in [-0.25, -0.2) is 13.1 Å². The summed E-state index contributed by atoms with van der Waals surface area (Å²) in [5.74, 6) is 0.0557. The van der Waals surface area contributed by atoms with Crippen molar-refractivity contribution >= 4 is 15.9 Å². The van der Waals surface area contributed by atoms with Crippen LogP contribution in [0.4, 0.5) is 0 Å². The van der Waals surface area contributed by atoms with Gasteiger partial charge in [0, 0.05) is 12.7 Å². The third-order valence-electron chi connectivity index (χ3n) is 3.81. The zero-order valence-corrected chi connectivity index (χ0v) is 15.2. The number of carbonyl (C=O) groups excluding carboxylic acids is 1. The lowest BCUT2D eigenvalue weighted by atomic mass is 10.2. The van der Waals surface area contributed by atoms with Crippen LogP contribution in [-0.4, -0.2) is 26.4 Å². The molecule has 0 atom stereocenters.